The minimum absolute atomic E-state index is 0.0909. The van der Waals surface area contributed by atoms with E-state index in [4.69, 9.17) is 4.99 Å². The van der Waals surface area contributed by atoms with Gasteiger partial charge in [-0.15, -0.1) is 11.3 Å². The van der Waals surface area contributed by atoms with E-state index in [0.29, 0.717) is 6.54 Å². The van der Waals surface area contributed by atoms with E-state index >= 15 is 0 Å². The molecule has 0 atom stereocenters. The summed E-state index contributed by atoms with van der Waals surface area (Å²) >= 11 is 1.63. The van der Waals surface area contributed by atoms with Crippen molar-refractivity contribution in [1.82, 2.24) is 4.57 Å². The minimum atomic E-state index is 0.0909. The zero-order valence-corrected chi connectivity index (χ0v) is 16.9. The number of benzene rings is 2. The Morgan fingerprint density at radius 1 is 1.00 bits per heavy atom. The number of aromatic nitrogens is 1. The summed E-state index contributed by atoms with van der Waals surface area (Å²) in [6.45, 7) is 11.3. The first kappa shape index (κ1) is 18.6. The Kier molecular flexibility index (Phi) is 5.44. The summed E-state index contributed by atoms with van der Waals surface area (Å²) in [6.07, 6.45) is 0. The fourth-order valence-corrected chi connectivity index (χ4v) is 4.41. The number of aliphatic hydroxyl groups excluding tert-OH is 1. The highest BCUT2D eigenvalue weighted by Crippen LogP contribution is 2.29. The Hall–Kier alpha value is -2.17. The number of aliphatic hydroxyl groups is 1. The number of hydrogen-bond acceptors (Lipinski definition) is 3. The van der Waals surface area contributed by atoms with Crippen LogP contribution in [0.1, 0.15) is 27.8 Å². The Balaban J connectivity index is 2.23. The van der Waals surface area contributed by atoms with E-state index in [1.165, 1.54) is 33.4 Å². The van der Waals surface area contributed by atoms with Crippen molar-refractivity contribution in [1.29, 1.82) is 0 Å². The number of thiazole rings is 1. The Morgan fingerprint density at radius 3 is 2.35 bits per heavy atom. The van der Waals surface area contributed by atoms with Gasteiger partial charge in [-0.1, -0.05) is 29.8 Å². The van der Waals surface area contributed by atoms with E-state index < -0.39 is 0 Å². The van der Waals surface area contributed by atoms with Crippen molar-refractivity contribution in [3.63, 3.8) is 0 Å². The van der Waals surface area contributed by atoms with E-state index in [2.05, 4.69) is 62.8 Å². The van der Waals surface area contributed by atoms with Crippen molar-refractivity contribution in [3.8, 4) is 11.3 Å². The average molecular weight is 367 g/mol. The second-order valence-corrected chi connectivity index (χ2v) is 7.72. The molecule has 0 aliphatic heterocycles. The van der Waals surface area contributed by atoms with Gasteiger partial charge in [-0.25, -0.2) is 4.99 Å². The molecule has 4 heteroatoms. The number of hydrogen-bond donors (Lipinski definition) is 1. The van der Waals surface area contributed by atoms with Crippen LogP contribution in [-0.2, 0) is 6.54 Å². The van der Waals surface area contributed by atoms with Crippen LogP contribution < -0.4 is 4.80 Å². The summed E-state index contributed by atoms with van der Waals surface area (Å²) in [6, 6.07) is 10.6. The van der Waals surface area contributed by atoms with Crippen molar-refractivity contribution >= 4 is 17.0 Å². The maximum Gasteiger partial charge on any atom is 0.190 e. The van der Waals surface area contributed by atoms with E-state index in [9.17, 15) is 5.11 Å². The van der Waals surface area contributed by atoms with Crippen LogP contribution in [-0.4, -0.2) is 16.3 Å². The smallest absolute Gasteiger partial charge is 0.190 e. The molecular formula is C22H26N2OS. The molecule has 3 nitrogen and oxygen atoms in total. The first-order valence-corrected chi connectivity index (χ1v) is 9.78. The highest BCUT2D eigenvalue weighted by molar-refractivity contribution is 7.07. The highest BCUT2D eigenvalue weighted by Gasteiger charge is 2.13. The van der Waals surface area contributed by atoms with Crippen LogP contribution in [0, 0.1) is 34.6 Å². The van der Waals surface area contributed by atoms with Gasteiger partial charge in [0.2, 0.25) is 0 Å². The summed E-state index contributed by atoms with van der Waals surface area (Å²) in [5.74, 6) is 0. The fourth-order valence-electron chi connectivity index (χ4n) is 3.48. The summed E-state index contributed by atoms with van der Waals surface area (Å²) in [7, 11) is 0. The molecule has 0 unspecified atom stereocenters. The van der Waals surface area contributed by atoms with Gasteiger partial charge in [0, 0.05) is 17.5 Å². The van der Waals surface area contributed by atoms with Crippen LogP contribution in [0.4, 0.5) is 5.69 Å². The van der Waals surface area contributed by atoms with Gasteiger partial charge in [-0.2, -0.15) is 0 Å². The molecule has 1 heterocycles. The predicted octanol–water partition coefficient (Wildman–Crippen LogP) is 4.98. The summed E-state index contributed by atoms with van der Waals surface area (Å²) in [5.41, 5.74) is 9.57. The van der Waals surface area contributed by atoms with E-state index in [1.807, 2.05) is 12.1 Å². The molecule has 0 saturated heterocycles. The first-order valence-electron chi connectivity index (χ1n) is 8.90. The lowest BCUT2D eigenvalue weighted by atomic mass is 9.98. The Morgan fingerprint density at radius 2 is 1.69 bits per heavy atom. The highest BCUT2D eigenvalue weighted by atomic mass is 32.1. The van der Waals surface area contributed by atoms with Crippen molar-refractivity contribution in [2.75, 3.05) is 6.61 Å². The van der Waals surface area contributed by atoms with Crippen molar-refractivity contribution in [3.05, 3.63) is 68.3 Å². The molecular weight excluding hydrogens is 340 g/mol. The first-order chi connectivity index (χ1) is 12.4. The Bertz CT molecular complexity index is 988. The molecule has 0 radical (unpaired) electrons. The normalized spacial score (nSPS) is 12.0. The van der Waals surface area contributed by atoms with Gasteiger partial charge in [0.25, 0.3) is 0 Å². The maximum atomic E-state index is 9.62. The lowest BCUT2D eigenvalue weighted by molar-refractivity contribution is 0.275. The van der Waals surface area contributed by atoms with Gasteiger partial charge in [-0.3, -0.25) is 0 Å². The van der Waals surface area contributed by atoms with Crippen LogP contribution >= 0.6 is 11.3 Å². The number of nitrogens with zero attached hydrogens (tertiary/aromatic N) is 2. The minimum Gasteiger partial charge on any atom is -0.395 e. The maximum absolute atomic E-state index is 9.62. The van der Waals surface area contributed by atoms with Gasteiger partial charge in [0.15, 0.2) is 4.80 Å². The molecule has 136 valence electrons. The quantitative estimate of drug-likeness (QED) is 0.694. The lowest BCUT2D eigenvalue weighted by Crippen LogP contribution is -2.18. The SMILES string of the molecule is Cc1cc(C)c(-c2csc(=Nc3cccc(C)c3C)n2CCO)c(C)c1. The molecule has 26 heavy (non-hydrogen) atoms. The molecule has 2 aromatic carbocycles. The molecule has 3 rings (SSSR count). The third kappa shape index (κ3) is 3.53. The van der Waals surface area contributed by atoms with Crippen molar-refractivity contribution in [2.24, 2.45) is 4.99 Å². The van der Waals surface area contributed by atoms with Gasteiger partial charge in [0.1, 0.15) is 0 Å². The summed E-state index contributed by atoms with van der Waals surface area (Å²) in [4.78, 5) is 5.83. The molecule has 0 amide bonds. The van der Waals surface area contributed by atoms with Crippen molar-refractivity contribution < 1.29 is 5.11 Å². The molecule has 0 fully saturated rings. The van der Waals surface area contributed by atoms with Crippen LogP contribution in [0.2, 0.25) is 0 Å². The molecule has 0 bridgehead atoms. The molecule has 0 aliphatic rings. The van der Waals surface area contributed by atoms with Gasteiger partial charge < -0.3 is 9.67 Å². The van der Waals surface area contributed by atoms with Gasteiger partial charge in [-0.05, 0) is 62.9 Å². The Labute approximate surface area is 159 Å². The second-order valence-electron chi connectivity index (χ2n) is 6.88. The monoisotopic (exact) mass is 366 g/mol. The molecule has 3 aromatic rings. The topological polar surface area (TPSA) is 37.5 Å². The van der Waals surface area contributed by atoms with E-state index in [-0.39, 0.29) is 6.61 Å². The van der Waals surface area contributed by atoms with Gasteiger partial charge >= 0.3 is 0 Å². The van der Waals surface area contributed by atoms with Crippen molar-refractivity contribution in [2.45, 2.75) is 41.2 Å². The van der Waals surface area contributed by atoms with Crippen LogP contribution in [0.25, 0.3) is 11.3 Å². The molecule has 1 aromatic heterocycles. The number of aryl methyl sites for hydroxylation is 4. The molecule has 0 spiro atoms. The van der Waals surface area contributed by atoms with E-state index in [0.717, 1.165) is 16.2 Å². The third-order valence-corrected chi connectivity index (χ3v) is 5.71. The largest absolute Gasteiger partial charge is 0.395 e. The standard InChI is InChI=1S/C22H26N2OS/c1-14-11-16(3)21(17(4)12-14)20-13-26-22(24(20)9-10-25)23-19-8-6-7-15(2)18(19)5/h6-8,11-13,25H,9-10H2,1-5H3. The van der Waals surface area contributed by atoms with Crippen LogP contribution in [0.3, 0.4) is 0 Å². The zero-order valence-electron chi connectivity index (χ0n) is 16.1. The summed E-state index contributed by atoms with van der Waals surface area (Å²) in [5, 5.41) is 11.8. The lowest BCUT2D eigenvalue weighted by Gasteiger charge is -2.14. The average Bonchev–Trinajstić information content (AvgIpc) is 2.94. The summed E-state index contributed by atoms with van der Waals surface area (Å²) < 4.78 is 2.14. The molecule has 0 saturated carbocycles. The predicted molar refractivity (Wildman–Crippen MR) is 110 cm³/mol. The van der Waals surface area contributed by atoms with E-state index in [1.54, 1.807) is 11.3 Å². The van der Waals surface area contributed by atoms with Crippen LogP contribution in [0.5, 0.6) is 0 Å². The van der Waals surface area contributed by atoms with Crippen LogP contribution in [0.15, 0.2) is 40.7 Å². The molecule has 1 N–H and O–H groups in total. The third-order valence-electron chi connectivity index (χ3n) is 4.85. The molecule has 0 aliphatic carbocycles. The zero-order chi connectivity index (χ0) is 18.8. The van der Waals surface area contributed by atoms with Gasteiger partial charge in [0.05, 0.1) is 18.0 Å². The second kappa shape index (κ2) is 7.60. The fraction of sp³-hybridized carbons (Fsp3) is 0.318. The number of rotatable bonds is 4.